The average Bonchev–Trinajstić information content (AvgIpc) is 2.66. The second-order valence-electron chi connectivity index (χ2n) is 9.53. The van der Waals surface area contributed by atoms with E-state index in [0.29, 0.717) is 26.4 Å². The van der Waals surface area contributed by atoms with Gasteiger partial charge >= 0.3 is 12.2 Å². The first-order valence-electron chi connectivity index (χ1n) is 11.7. The quantitative estimate of drug-likeness (QED) is 0.392. The Bertz CT molecular complexity index is 524. The zero-order valence-electron chi connectivity index (χ0n) is 18.3. The van der Waals surface area contributed by atoms with Gasteiger partial charge in [-0.3, -0.25) is 0 Å². The molecule has 4 fully saturated rings. The van der Waals surface area contributed by atoms with Crippen molar-refractivity contribution in [3.8, 4) is 0 Å². The molecule has 0 aromatic heterocycles. The molecule has 0 saturated heterocycles. The molecular formula is C22H37F3N2O4. The van der Waals surface area contributed by atoms with Gasteiger partial charge in [0.1, 0.15) is 6.61 Å². The maximum absolute atomic E-state index is 12.4. The largest absolute Gasteiger partial charge is 0.411 e. The zero-order chi connectivity index (χ0) is 22.2. The monoisotopic (exact) mass is 450 g/mol. The molecule has 4 saturated carbocycles. The minimum atomic E-state index is -4.29. The van der Waals surface area contributed by atoms with E-state index in [1.54, 1.807) is 0 Å². The van der Waals surface area contributed by atoms with E-state index < -0.39 is 12.8 Å². The molecule has 0 aromatic carbocycles. The van der Waals surface area contributed by atoms with Crippen molar-refractivity contribution in [1.29, 1.82) is 0 Å². The van der Waals surface area contributed by atoms with Crippen molar-refractivity contribution in [3.63, 3.8) is 0 Å². The average molecular weight is 451 g/mol. The number of carbonyl (C=O) groups excluding carboxylic acids is 1. The number of rotatable bonds is 14. The van der Waals surface area contributed by atoms with E-state index in [1.165, 1.54) is 19.3 Å². The van der Waals surface area contributed by atoms with Gasteiger partial charge in [0.05, 0.1) is 26.4 Å². The molecule has 0 aromatic rings. The van der Waals surface area contributed by atoms with Gasteiger partial charge in [0.15, 0.2) is 0 Å². The summed E-state index contributed by atoms with van der Waals surface area (Å²) >= 11 is 0. The van der Waals surface area contributed by atoms with E-state index in [4.69, 9.17) is 9.47 Å². The molecule has 4 rings (SSSR count). The standard InChI is InChI=1S/C22H37F3N2O4/c23-22(24,25)16-31-9-8-30-7-6-29-5-3-1-2-4-26-20(28)27-21-13-17-10-18(14-21)12-19(11-17)15-21/h17-19H,1-16H2,(H2,26,27,28). The molecule has 6 nitrogen and oxygen atoms in total. The number of hydrogen-bond acceptors (Lipinski definition) is 4. The molecule has 4 bridgehead atoms. The summed E-state index contributed by atoms with van der Waals surface area (Å²) < 4.78 is 50.6. The molecule has 0 radical (unpaired) electrons. The van der Waals surface area contributed by atoms with Crippen LogP contribution >= 0.6 is 0 Å². The van der Waals surface area contributed by atoms with Crippen molar-refractivity contribution >= 4 is 6.03 Å². The summed E-state index contributed by atoms with van der Waals surface area (Å²) in [6.45, 7) is 0.810. The Hall–Kier alpha value is -1.06. The number of amides is 2. The maximum atomic E-state index is 12.4. The Morgan fingerprint density at radius 2 is 1.35 bits per heavy atom. The first kappa shape index (κ1) is 24.6. The van der Waals surface area contributed by atoms with E-state index in [-0.39, 0.29) is 24.8 Å². The molecule has 4 aliphatic rings. The second kappa shape index (κ2) is 11.7. The minimum Gasteiger partial charge on any atom is -0.379 e. The van der Waals surface area contributed by atoms with Crippen molar-refractivity contribution in [3.05, 3.63) is 0 Å². The molecule has 9 heteroatoms. The zero-order valence-corrected chi connectivity index (χ0v) is 18.3. The van der Waals surface area contributed by atoms with Crippen LogP contribution in [0.25, 0.3) is 0 Å². The topological polar surface area (TPSA) is 68.8 Å². The van der Waals surface area contributed by atoms with Crippen LogP contribution in [0.2, 0.25) is 0 Å². The van der Waals surface area contributed by atoms with Crippen LogP contribution in [-0.2, 0) is 14.2 Å². The number of halogens is 3. The summed E-state index contributed by atoms with van der Waals surface area (Å²) in [6.07, 6.45) is 6.06. The lowest BCUT2D eigenvalue weighted by atomic mass is 9.53. The van der Waals surface area contributed by atoms with E-state index in [1.807, 2.05) is 0 Å². The van der Waals surface area contributed by atoms with Gasteiger partial charge in [-0.25, -0.2) is 4.79 Å². The summed E-state index contributed by atoms with van der Waals surface area (Å²) in [5.74, 6) is 2.46. The van der Waals surface area contributed by atoms with Gasteiger partial charge in [-0.15, -0.1) is 0 Å². The van der Waals surface area contributed by atoms with Gasteiger partial charge in [0.25, 0.3) is 0 Å². The molecular weight excluding hydrogens is 413 g/mol. The smallest absolute Gasteiger partial charge is 0.379 e. The first-order chi connectivity index (χ1) is 14.8. The predicted octanol–water partition coefficient (Wildman–Crippen LogP) is 4.04. The van der Waals surface area contributed by atoms with Gasteiger partial charge in [-0.05, 0) is 75.5 Å². The minimum absolute atomic E-state index is 0.0189. The molecule has 0 heterocycles. The summed E-state index contributed by atoms with van der Waals surface area (Å²) in [5.41, 5.74) is 0.0548. The Balaban J connectivity index is 1.09. The van der Waals surface area contributed by atoms with Crippen molar-refractivity contribution in [2.24, 2.45) is 17.8 Å². The Kier molecular flexibility index (Phi) is 9.28. The van der Waals surface area contributed by atoms with Gasteiger partial charge in [-0.2, -0.15) is 13.2 Å². The highest BCUT2D eigenvalue weighted by atomic mass is 19.4. The summed E-state index contributed by atoms with van der Waals surface area (Å²) in [4.78, 5) is 12.4. The molecule has 31 heavy (non-hydrogen) atoms. The van der Waals surface area contributed by atoms with Crippen LogP contribution in [0.3, 0.4) is 0 Å². The third kappa shape index (κ3) is 8.77. The lowest BCUT2D eigenvalue weighted by molar-refractivity contribution is -0.176. The third-order valence-electron chi connectivity index (χ3n) is 6.68. The molecule has 0 unspecified atom stereocenters. The van der Waals surface area contributed by atoms with Gasteiger partial charge in [0, 0.05) is 18.7 Å². The van der Waals surface area contributed by atoms with E-state index in [9.17, 15) is 18.0 Å². The normalized spacial score (nSPS) is 29.3. The molecule has 2 N–H and O–H groups in total. The van der Waals surface area contributed by atoms with Crippen LogP contribution in [0.5, 0.6) is 0 Å². The fourth-order valence-electron chi connectivity index (χ4n) is 5.88. The van der Waals surface area contributed by atoms with Gasteiger partial charge in [-0.1, -0.05) is 0 Å². The van der Waals surface area contributed by atoms with E-state index in [0.717, 1.165) is 56.3 Å². The van der Waals surface area contributed by atoms with Crippen molar-refractivity contribution in [1.82, 2.24) is 10.6 Å². The van der Waals surface area contributed by atoms with Crippen LogP contribution in [0.4, 0.5) is 18.0 Å². The molecule has 180 valence electrons. The highest BCUT2D eigenvalue weighted by Gasteiger charge is 2.51. The van der Waals surface area contributed by atoms with E-state index in [2.05, 4.69) is 15.4 Å². The van der Waals surface area contributed by atoms with Gasteiger partial charge in [0.2, 0.25) is 0 Å². The van der Waals surface area contributed by atoms with Crippen LogP contribution in [0.15, 0.2) is 0 Å². The van der Waals surface area contributed by atoms with Crippen LogP contribution in [0.1, 0.15) is 57.8 Å². The highest BCUT2D eigenvalue weighted by Crippen LogP contribution is 2.55. The first-order valence-corrected chi connectivity index (χ1v) is 11.7. The van der Waals surface area contributed by atoms with Crippen LogP contribution in [0, 0.1) is 17.8 Å². The number of carbonyl (C=O) groups is 1. The Morgan fingerprint density at radius 1 is 0.806 bits per heavy atom. The number of hydrogen-bond donors (Lipinski definition) is 2. The number of nitrogens with one attached hydrogen (secondary N) is 2. The van der Waals surface area contributed by atoms with Crippen LogP contribution in [-0.4, -0.2) is 63.9 Å². The summed E-state index contributed by atoms with van der Waals surface area (Å²) in [6, 6.07) is -0.0189. The number of alkyl halides is 3. The molecule has 0 spiro atoms. The molecule has 0 aliphatic heterocycles. The van der Waals surface area contributed by atoms with Crippen molar-refractivity contribution in [2.45, 2.75) is 69.5 Å². The number of unbranched alkanes of at least 4 members (excludes halogenated alkanes) is 2. The fraction of sp³-hybridized carbons (Fsp3) is 0.955. The SMILES string of the molecule is O=C(NCCCCCOCCOCCOCC(F)(F)F)NC12CC3CC(CC(C3)C1)C2. The maximum Gasteiger partial charge on any atom is 0.411 e. The highest BCUT2D eigenvalue weighted by molar-refractivity contribution is 5.74. The lowest BCUT2D eigenvalue weighted by Gasteiger charge is -2.56. The van der Waals surface area contributed by atoms with Gasteiger partial charge < -0.3 is 24.8 Å². The summed E-state index contributed by atoms with van der Waals surface area (Å²) in [7, 11) is 0. The van der Waals surface area contributed by atoms with E-state index >= 15 is 0 Å². The number of urea groups is 1. The van der Waals surface area contributed by atoms with Crippen LogP contribution < -0.4 is 10.6 Å². The second-order valence-corrected chi connectivity index (χ2v) is 9.53. The third-order valence-corrected chi connectivity index (χ3v) is 6.68. The molecule has 4 aliphatic carbocycles. The molecule has 2 amide bonds. The number of ether oxygens (including phenoxy) is 3. The fourth-order valence-corrected chi connectivity index (χ4v) is 5.88. The Morgan fingerprint density at radius 3 is 1.94 bits per heavy atom. The predicted molar refractivity (Wildman–Crippen MR) is 110 cm³/mol. The Labute approximate surface area is 182 Å². The molecule has 0 atom stereocenters. The lowest BCUT2D eigenvalue weighted by Crippen LogP contribution is -2.61. The summed E-state index contributed by atoms with van der Waals surface area (Å²) in [5, 5.41) is 6.33. The van der Waals surface area contributed by atoms with Crippen molar-refractivity contribution < 1.29 is 32.2 Å². The van der Waals surface area contributed by atoms with Crippen molar-refractivity contribution in [2.75, 3.05) is 46.2 Å².